The van der Waals surface area contributed by atoms with E-state index in [2.05, 4.69) is 35.5 Å². The van der Waals surface area contributed by atoms with Gasteiger partial charge in [0.2, 0.25) is 5.91 Å². The van der Waals surface area contributed by atoms with Crippen molar-refractivity contribution >= 4 is 39.2 Å². The Kier molecular flexibility index (Phi) is 5.95. The highest BCUT2D eigenvalue weighted by Gasteiger charge is 2.30. The summed E-state index contributed by atoms with van der Waals surface area (Å²) < 4.78 is 1.66. The summed E-state index contributed by atoms with van der Waals surface area (Å²) in [6.07, 6.45) is 7.09. The molecule has 2 aliphatic carbocycles. The lowest BCUT2D eigenvalue weighted by atomic mass is 9.88. The molecule has 166 valence electrons. The average Bonchev–Trinajstić information content (AvgIpc) is 3.56. The van der Waals surface area contributed by atoms with E-state index in [9.17, 15) is 9.59 Å². The fraction of sp³-hybridized carbons (Fsp3) is 0.400. The molecule has 3 aromatic rings. The number of aromatic nitrogens is 2. The van der Waals surface area contributed by atoms with Gasteiger partial charge >= 0.3 is 0 Å². The van der Waals surface area contributed by atoms with E-state index in [-0.39, 0.29) is 22.8 Å². The van der Waals surface area contributed by atoms with Gasteiger partial charge < -0.3 is 5.32 Å². The minimum atomic E-state index is -0.368. The number of thioether (sulfide) groups is 1. The van der Waals surface area contributed by atoms with E-state index in [0.717, 1.165) is 47.9 Å². The number of carbonyl (C=O) groups is 1. The van der Waals surface area contributed by atoms with Crippen molar-refractivity contribution in [2.75, 3.05) is 0 Å². The number of carbonyl (C=O) groups excluding carboxylic acids is 1. The zero-order chi connectivity index (χ0) is 22.2. The summed E-state index contributed by atoms with van der Waals surface area (Å²) in [6, 6.07) is 8.39. The van der Waals surface area contributed by atoms with Crippen LogP contribution in [0.4, 0.5) is 0 Å². The van der Waals surface area contributed by atoms with Gasteiger partial charge in [0.1, 0.15) is 4.83 Å². The summed E-state index contributed by atoms with van der Waals surface area (Å²) in [4.78, 5) is 32.0. The van der Waals surface area contributed by atoms with Gasteiger partial charge in [0.05, 0.1) is 16.7 Å². The van der Waals surface area contributed by atoms with Crippen molar-refractivity contribution in [1.29, 1.82) is 0 Å². The summed E-state index contributed by atoms with van der Waals surface area (Å²) in [5.74, 6) is 0.470. The van der Waals surface area contributed by atoms with E-state index in [1.54, 1.807) is 10.6 Å². The molecule has 1 aromatic carbocycles. The molecule has 1 amide bonds. The van der Waals surface area contributed by atoms with Crippen molar-refractivity contribution in [2.24, 2.45) is 0 Å². The number of amides is 1. The maximum absolute atomic E-state index is 13.3. The van der Waals surface area contributed by atoms with E-state index < -0.39 is 0 Å². The number of nitrogens with zero attached hydrogens (tertiary/aromatic N) is 2. The van der Waals surface area contributed by atoms with Crippen molar-refractivity contribution in [1.82, 2.24) is 14.9 Å². The first-order chi connectivity index (χ1) is 15.6. The molecule has 1 saturated carbocycles. The molecule has 0 spiro atoms. The third kappa shape index (κ3) is 4.04. The first-order valence-corrected chi connectivity index (χ1v) is 13.0. The Hall–Kier alpha value is -2.38. The number of hydrogen-bond donors (Lipinski definition) is 1. The van der Waals surface area contributed by atoms with Crippen LogP contribution in [0.2, 0.25) is 0 Å². The molecule has 2 aliphatic rings. The maximum atomic E-state index is 13.3. The van der Waals surface area contributed by atoms with E-state index in [1.807, 2.05) is 13.0 Å². The highest BCUT2D eigenvalue weighted by Crippen LogP contribution is 2.44. The number of rotatable bonds is 7. The Bertz CT molecular complexity index is 1240. The number of hydrogen-bond acceptors (Lipinski definition) is 5. The van der Waals surface area contributed by atoms with Crippen molar-refractivity contribution in [3.8, 4) is 0 Å². The molecule has 1 fully saturated rings. The van der Waals surface area contributed by atoms with Gasteiger partial charge in [-0.1, -0.05) is 42.1 Å². The van der Waals surface area contributed by atoms with Crippen molar-refractivity contribution in [3.05, 3.63) is 69.3 Å². The highest BCUT2D eigenvalue weighted by molar-refractivity contribution is 8.00. The lowest BCUT2D eigenvalue weighted by Gasteiger charge is -2.27. The van der Waals surface area contributed by atoms with E-state index in [1.165, 1.54) is 34.2 Å². The molecule has 0 radical (unpaired) electrons. The second kappa shape index (κ2) is 8.87. The number of aryl methyl sites for hydroxylation is 1. The normalized spacial score (nSPS) is 18.8. The third-order valence-corrected chi connectivity index (χ3v) is 8.33. The van der Waals surface area contributed by atoms with Gasteiger partial charge in [-0.05, 0) is 67.0 Å². The van der Waals surface area contributed by atoms with Gasteiger partial charge in [-0.25, -0.2) is 4.98 Å². The fourth-order valence-corrected chi connectivity index (χ4v) is 6.50. The number of nitrogens with one attached hydrogen (secondary N) is 1. The molecule has 0 bridgehead atoms. The first kappa shape index (κ1) is 21.5. The molecule has 2 aromatic heterocycles. The lowest BCUT2D eigenvalue weighted by molar-refractivity contribution is -0.121. The lowest BCUT2D eigenvalue weighted by Crippen LogP contribution is -2.36. The van der Waals surface area contributed by atoms with Crippen LogP contribution < -0.4 is 10.9 Å². The van der Waals surface area contributed by atoms with Crippen LogP contribution in [0.1, 0.15) is 61.3 Å². The van der Waals surface area contributed by atoms with Crippen LogP contribution >= 0.6 is 23.1 Å². The van der Waals surface area contributed by atoms with Crippen LogP contribution in [-0.4, -0.2) is 20.7 Å². The zero-order valence-corrected chi connectivity index (χ0v) is 19.8. The molecule has 1 N–H and O–H groups in total. The van der Waals surface area contributed by atoms with E-state index in [4.69, 9.17) is 4.98 Å². The largest absolute Gasteiger partial charge is 0.348 e. The Morgan fingerprint density at radius 1 is 1.34 bits per heavy atom. The summed E-state index contributed by atoms with van der Waals surface area (Å²) in [6.45, 7) is 6.08. The molecule has 0 aliphatic heterocycles. The predicted octanol–water partition coefficient (Wildman–Crippen LogP) is 5.20. The number of benzene rings is 1. The Morgan fingerprint density at radius 2 is 2.16 bits per heavy atom. The van der Waals surface area contributed by atoms with Crippen molar-refractivity contribution in [2.45, 2.75) is 67.9 Å². The fourth-order valence-electron chi connectivity index (χ4n) is 4.51. The van der Waals surface area contributed by atoms with Gasteiger partial charge in [0, 0.05) is 6.54 Å². The molecule has 2 unspecified atom stereocenters. The smallest absolute Gasteiger partial charge is 0.263 e. The summed E-state index contributed by atoms with van der Waals surface area (Å²) in [5, 5.41) is 6.28. The van der Waals surface area contributed by atoms with Gasteiger partial charge in [-0.2, -0.15) is 0 Å². The number of fused-ring (bicyclic) bond motifs is 2. The molecule has 5 nitrogen and oxygen atoms in total. The second-order valence-corrected chi connectivity index (χ2v) is 10.8. The Labute approximate surface area is 195 Å². The van der Waals surface area contributed by atoms with Gasteiger partial charge in [-0.3, -0.25) is 14.2 Å². The van der Waals surface area contributed by atoms with Crippen LogP contribution in [0.5, 0.6) is 0 Å². The van der Waals surface area contributed by atoms with Crippen LogP contribution in [0.25, 0.3) is 10.2 Å². The maximum Gasteiger partial charge on any atom is 0.263 e. The summed E-state index contributed by atoms with van der Waals surface area (Å²) >= 11 is 2.88. The van der Waals surface area contributed by atoms with Crippen molar-refractivity contribution < 1.29 is 4.79 Å². The van der Waals surface area contributed by atoms with Crippen LogP contribution in [0, 0.1) is 0 Å². The number of thiophene rings is 1. The van der Waals surface area contributed by atoms with Crippen LogP contribution in [0.15, 0.2) is 52.3 Å². The molecule has 0 saturated heterocycles. The Morgan fingerprint density at radius 3 is 2.94 bits per heavy atom. The summed E-state index contributed by atoms with van der Waals surface area (Å²) in [7, 11) is 0. The van der Waals surface area contributed by atoms with Gasteiger partial charge in [0.15, 0.2) is 5.16 Å². The molecular formula is C25H27N3O2S2. The van der Waals surface area contributed by atoms with Crippen LogP contribution in [-0.2, 0) is 17.8 Å². The molecule has 2 atom stereocenters. The highest BCUT2D eigenvalue weighted by atomic mass is 32.2. The van der Waals surface area contributed by atoms with Gasteiger partial charge in [-0.15, -0.1) is 17.9 Å². The minimum absolute atomic E-state index is 0.0191. The molecule has 7 heteroatoms. The zero-order valence-electron chi connectivity index (χ0n) is 18.2. The molecular weight excluding hydrogens is 438 g/mol. The standard InChI is InChI=1S/C25H27N3O2S2/c1-3-13-28-24(30)21-19(17-11-12-17)14-31-23(21)27-25(28)32-15(2)22(29)26-20-10-6-8-16-7-4-5-9-18(16)20/h3-5,7,9,14-15,17,20H,1,6,8,10-13H2,2H3,(H,26,29). The quantitative estimate of drug-likeness (QED) is 0.296. The summed E-state index contributed by atoms with van der Waals surface area (Å²) in [5.41, 5.74) is 3.66. The molecule has 2 heterocycles. The monoisotopic (exact) mass is 465 g/mol. The topological polar surface area (TPSA) is 64.0 Å². The molecule has 32 heavy (non-hydrogen) atoms. The third-order valence-electron chi connectivity index (χ3n) is 6.35. The second-order valence-electron chi connectivity index (χ2n) is 8.66. The first-order valence-electron chi connectivity index (χ1n) is 11.2. The molecule has 5 rings (SSSR count). The SMILES string of the molecule is C=CCn1c(SC(C)C(=O)NC2CCCc3ccccc32)nc2scc(C3CC3)c2c1=O. The van der Waals surface area contributed by atoms with Gasteiger partial charge in [0.25, 0.3) is 5.56 Å². The minimum Gasteiger partial charge on any atom is -0.348 e. The van der Waals surface area contributed by atoms with E-state index >= 15 is 0 Å². The van der Waals surface area contributed by atoms with Crippen LogP contribution in [0.3, 0.4) is 0 Å². The average molecular weight is 466 g/mol. The van der Waals surface area contributed by atoms with Crippen molar-refractivity contribution in [3.63, 3.8) is 0 Å². The number of allylic oxidation sites excluding steroid dienone is 1. The predicted molar refractivity (Wildman–Crippen MR) is 132 cm³/mol. The van der Waals surface area contributed by atoms with E-state index in [0.29, 0.717) is 17.6 Å². The Balaban J connectivity index is 1.39.